The smallest absolute Gasteiger partial charge is 0.318 e. The topological polar surface area (TPSA) is 73.1 Å². The lowest BCUT2D eigenvalue weighted by molar-refractivity contribution is -0.0216. The zero-order valence-corrected chi connectivity index (χ0v) is 19.3. The molecule has 8 nitrogen and oxygen atoms in total. The molecule has 3 unspecified atom stereocenters. The van der Waals surface area contributed by atoms with E-state index in [9.17, 15) is 4.39 Å². The van der Waals surface area contributed by atoms with Gasteiger partial charge in [-0.05, 0) is 68.3 Å². The number of anilines is 1. The second-order valence-corrected chi connectivity index (χ2v) is 10.8. The summed E-state index contributed by atoms with van der Waals surface area (Å²) < 4.78 is 37.5. The van der Waals surface area contributed by atoms with E-state index in [2.05, 4.69) is 20.0 Å². The molecule has 1 saturated carbocycles. The average Bonchev–Trinajstić information content (AvgIpc) is 3.38. The van der Waals surface area contributed by atoms with Crippen LogP contribution in [-0.4, -0.2) is 79.3 Å². The van der Waals surface area contributed by atoms with Gasteiger partial charge < -0.3 is 23.5 Å². The third-order valence-electron chi connectivity index (χ3n) is 8.79. The fourth-order valence-corrected chi connectivity index (χ4v) is 6.70. The van der Waals surface area contributed by atoms with Crippen molar-refractivity contribution in [1.82, 2.24) is 15.1 Å². The Balaban J connectivity index is 0.942. The van der Waals surface area contributed by atoms with Gasteiger partial charge in [0.1, 0.15) is 17.2 Å². The van der Waals surface area contributed by atoms with E-state index in [1.807, 2.05) is 6.07 Å². The van der Waals surface area contributed by atoms with Crippen molar-refractivity contribution in [2.24, 2.45) is 17.8 Å². The molecule has 5 fully saturated rings. The molecule has 5 aliphatic rings. The van der Waals surface area contributed by atoms with E-state index in [0.717, 1.165) is 83.2 Å². The van der Waals surface area contributed by atoms with Crippen LogP contribution in [0.3, 0.4) is 0 Å². The van der Waals surface area contributed by atoms with E-state index in [1.54, 1.807) is 6.07 Å². The third-order valence-corrected chi connectivity index (χ3v) is 8.79. The average molecular weight is 471 g/mol. The van der Waals surface area contributed by atoms with Crippen LogP contribution in [0.15, 0.2) is 29.0 Å². The first kappa shape index (κ1) is 21.1. The van der Waals surface area contributed by atoms with Gasteiger partial charge in [0.15, 0.2) is 0 Å². The number of likely N-dealkylation sites (tertiary alicyclic amines) is 1. The minimum absolute atomic E-state index is 0.0916. The van der Waals surface area contributed by atoms with E-state index >= 15 is 0 Å². The number of hydrogen-bond donors (Lipinski definition) is 0. The molecule has 5 heterocycles. The first-order valence-corrected chi connectivity index (χ1v) is 12.6. The fourth-order valence-electron chi connectivity index (χ4n) is 6.70. The van der Waals surface area contributed by atoms with Crippen molar-refractivity contribution in [3.05, 3.63) is 36.0 Å². The maximum atomic E-state index is 14.2. The summed E-state index contributed by atoms with van der Waals surface area (Å²) in [5.74, 6) is 2.95. The first-order valence-electron chi connectivity index (χ1n) is 12.6. The number of ether oxygens (including phenoxy) is 3. The number of benzene rings is 1. The van der Waals surface area contributed by atoms with Gasteiger partial charge >= 0.3 is 6.01 Å². The van der Waals surface area contributed by atoms with Crippen molar-refractivity contribution in [2.45, 2.75) is 36.8 Å². The fraction of sp³-hybridized carbons (Fsp3) is 0.680. The van der Waals surface area contributed by atoms with Crippen LogP contribution in [0.25, 0.3) is 0 Å². The predicted octanol–water partition coefficient (Wildman–Crippen LogP) is 2.71. The Morgan fingerprint density at radius 2 is 1.94 bits per heavy atom. The van der Waals surface area contributed by atoms with Gasteiger partial charge in [0.2, 0.25) is 6.39 Å². The third kappa shape index (κ3) is 3.69. The molecule has 9 heteroatoms. The molecule has 2 aromatic rings. The molecule has 0 radical (unpaired) electrons. The molecule has 0 bridgehead atoms. The number of aromatic nitrogens is 2. The maximum absolute atomic E-state index is 14.2. The molecule has 0 N–H and O–H groups in total. The molecule has 1 aliphatic carbocycles. The minimum Gasteiger partial charge on any atom is -0.493 e. The van der Waals surface area contributed by atoms with Gasteiger partial charge in [-0.2, -0.15) is 0 Å². The molecule has 1 aromatic heterocycles. The van der Waals surface area contributed by atoms with Gasteiger partial charge in [-0.15, -0.1) is 5.10 Å². The number of hydrogen-bond acceptors (Lipinski definition) is 8. The zero-order valence-electron chi connectivity index (χ0n) is 19.3. The Kier molecular flexibility index (Phi) is 5.07. The molecular formula is C25H31FN4O4. The molecular weight excluding hydrogens is 439 g/mol. The largest absolute Gasteiger partial charge is 0.493 e. The Hall–Kier alpha value is -2.23. The number of piperidine rings is 1. The monoisotopic (exact) mass is 470 g/mol. The van der Waals surface area contributed by atoms with E-state index in [4.69, 9.17) is 18.6 Å². The van der Waals surface area contributed by atoms with E-state index in [1.165, 1.54) is 12.5 Å². The normalized spacial score (nSPS) is 32.7. The van der Waals surface area contributed by atoms with Gasteiger partial charge in [-0.25, -0.2) is 4.39 Å². The van der Waals surface area contributed by atoms with Gasteiger partial charge in [-0.1, -0.05) is 5.10 Å². The highest BCUT2D eigenvalue weighted by molar-refractivity contribution is 5.38. The summed E-state index contributed by atoms with van der Waals surface area (Å²) in [4.78, 5) is 4.64. The molecule has 3 atom stereocenters. The van der Waals surface area contributed by atoms with E-state index in [0.29, 0.717) is 35.7 Å². The minimum atomic E-state index is -0.177. The standard InChI is InChI=1S/C25H31FN4O4/c26-17-1-2-23(32-12-22-20-10-31-11-21(20)22)19(7-17)16-3-5-29(6-4-16)18-8-25(34-9-18)13-30(14-25)24-28-27-15-33-24/h1-2,7,15-16,18,20-22H,3-6,8-14H2. The lowest BCUT2D eigenvalue weighted by Gasteiger charge is -2.46. The van der Waals surface area contributed by atoms with Crippen LogP contribution in [0.1, 0.15) is 30.7 Å². The Labute approximate surface area is 198 Å². The number of fused-ring (bicyclic) bond motifs is 1. The van der Waals surface area contributed by atoms with Crippen molar-refractivity contribution in [3.63, 3.8) is 0 Å². The van der Waals surface area contributed by atoms with Crippen molar-refractivity contribution >= 4 is 6.01 Å². The summed E-state index contributed by atoms with van der Waals surface area (Å²) in [5, 5.41) is 7.76. The second kappa shape index (κ2) is 8.17. The summed E-state index contributed by atoms with van der Waals surface area (Å²) in [6.07, 6.45) is 4.42. The van der Waals surface area contributed by atoms with Crippen molar-refractivity contribution in [2.75, 3.05) is 57.5 Å². The lowest BCUT2D eigenvalue weighted by Crippen LogP contribution is -2.62. The number of nitrogens with zero attached hydrogens (tertiary/aromatic N) is 4. The van der Waals surface area contributed by atoms with Gasteiger partial charge in [0.05, 0.1) is 39.5 Å². The van der Waals surface area contributed by atoms with Gasteiger partial charge in [0.25, 0.3) is 0 Å². The molecule has 0 amide bonds. The molecule has 34 heavy (non-hydrogen) atoms. The zero-order chi connectivity index (χ0) is 22.7. The Bertz CT molecular complexity index is 1010. The molecule has 182 valence electrons. The summed E-state index contributed by atoms with van der Waals surface area (Å²) in [6.45, 7) is 6.85. The van der Waals surface area contributed by atoms with Crippen LogP contribution in [-0.2, 0) is 9.47 Å². The molecule has 4 saturated heterocycles. The SMILES string of the molecule is Fc1ccc(OCC2C3COCC32)c(C2CCN(C3COC4(C3)CN(c3nnco3)C4)CC2)c1. The van der Waals surface area contributed by atoms with Crippen LogP contribution in [0.4, 0.5) is 10.4 Å². The van der Waals surface area contributed by atoms with Crippen LogP contribution in [0, 0.1) is 23.6 Å². The van der Waals surface area contributed by atoms with Crippen molar-refractivity contribution < 1.29 is 23.0 Å². The van der Waals surface area contributed by atoms with Gasteiger partial charge in [0, 0.05) is 17.5 Å². The van der Waals surface area contributed by atoms with Crippen LogP contribution < -0.4 is 9.64 Å². The Morgan fingerprint density at radius 1 is 1.12 bits per heavy atom. The summed E-state index contributed by atoms with van der Waals surface area (Å²) >= 11 is 0. The highest BCUT2D eigenvalue weighted by Crippen LogP contribution is 2.51. The highest BCUT2D eigenvalue weighted by atomic mass is 19.1. The highest BCUT2D eigenvalue weighted by Gasteiger charge is 2.54. The second-order valence-electron chi connectivity index (χ2n) is 10.8. The van der Waals surface area contributed by atoms with Crippen LogP contribution in [0.5, 0.6) is 5.75 Å². The Morgan fingerprint density at radius 3 is 2.71 bits per heavy atom. The summed E-state index contributed by atoms with van der Waals surface area (Å²) in [6, 6.07) is 6.05. The predicted molar refractivity (Wildman–Crippen MR) is 120 cm³/mol. The molecule has 4 aliphatic heterocycles. The molecule has 1 spiro atoms. The summed E-state index contributed by atoms with van der Waals surface area (Å²) in [5.41, 5.74) is 0.946. The molecule has 7 rings (SSSR count). The van der Waals surface area contributed by atoms with E-state index < -0.39 is 0 Å². The van der Waals surface area contributed by atoms with Gasteiger partial charge in [-0.3, -0.25) is 4.90 Å². The van der Waals surface area contributed by atoms with Crippen LogP contribution >= 0.6 is 0 Å². The number of rotatable bonds is 6. The summed E-state index contributed by atoms with van der Waals surface area (Å²) in [7, 11) is 0. The quantitative estimate of drug-likeness (QED) is 0.638. The van der Waals surface area contributed by atoms with Crippen molar-refractivity contribution in [3.8, 4) is 5.75 Å². The van der Waals surface area contributed by atoms with Crippen LogP contribution in [0.2, 0.25) is 0 Å². The lowest BCUT2D eigenvalue weighted by atomic mass is 9.86. The first-order chi connectivity index (χ1) is 16.7. The number of halogens is 1. The van der Waals surface area contributed by atoms with Crippen molar-refractivity contribution in [1.29, 1.82) is 0 Å². The van der Waals surface area contributed by atoms with E-state index in [-0.39, 0.29) is 11.4 Å². The molecule has 1 aromatic carbocycles. The maximum Gasteiger partial charge on any atom is 0.318 e.